The van der Waals surface area contributed by atoms with Crippen LogP contribution in [0.3, 0.4) is 0 Å². The van der Waals surface area contributed by atoms with Gasteiger partial charge in [-0.15, -0.1) is 0 Å². The van der Waals surface area contributed by atoms with Gasteiger partial charge in [0.25, 0.3) is 5.91 Å². The predicted molar refractivity (Wildman–Crippen MR) is 132 cm³/mol. The van der Waals surface area contributed by atoms with Gasteiger partial charge in [0, 0.05) is 47.6 Å². The van der Waals surface area contributed by atoms with Crippen LogP contribution in [0.15, 0.2) is 61.2 Å². The van der Waals surface area contributed by atoms with Gasteiger partial charge in [-0.1, -0.05) is 18.1 Å². The SMILES string of the molecule is Nc1cc(C#Cc2cnc3cnc(-c4ccc(C(=O)N5CCOCC5)cc4)cn23)c2cc[nH]c2n1. The van der Waals surface area contributed by atoms with E-state index >= 15 is 0 Å². The van der Waals surface area contributed by atoms with Crippen LogP contribution in [-0.4, -0.2) is 61.4 Å². The Bertz CT molecular complexity index is 1620. The highest BCUT2D eigenvalue weighted by Gasteiger charge is 2.18. The molecule has 1 aromatic carbocycles. The lowest BCUT2D eigenvalue weighted by Gasteiger charge is -2.26. The topological polar surface area (TPSA) is 114 Å². The van der Waals surface area contributed by atoms with E-state index in [1.54, 1.807) is 18.5 Å². The molecule has 0 aliphatic carbocycles. The number of morpholine rings is 1. The summed E-state index contributed by atoms with van der Waals surface area (Å²) in [5.74, 6) is 6.82. The smallest absolute Gasteiger partial charge is 0.254 e. The zero-order valence-electron chi connectivity index (χ0n) is 18.7. The number of fused-ring (bicyclic) bond motifs is 2. The van der Waals surface area contributed by atoms with E-state index in [9.17, 15) is 4.79 Å². The molecular weight excluding hydrogens is 442 g/mol. The van der Waals surface area contributed by atoms with Crippen LogP contribution < -0.4 is 5.73 Å². The van der Waals surface area contributed by atoms with Gasteiger partial charge >= 0.3 is 0 Å². The number of nitrogens with one attached hydrogen (secondary N) is 1. The van der Waals surface area contributed by atoms with Crippen molar-refractivity contribution < 1.29 is 9.53 Å². The first-order valence-corrected chi connectivity index (χ1v) is 11.2. The van der Waals surface area contributed by atoms with Gasteiger partial charge < -0.3 is 20.4 Å². The molecule has 1 saturated heterocycles. The lowest BCUT2D eigenvalue weighted by molar-refractivity contribution is 0.0303. The molecular formula is C26H21N7O2. The van der Waals surface area contributed by atoms with E-state index in [2.05, 4.69) is 31.8 Å². The summed E-state index contributed by atoms with van der Waals surface area (Å²) < 4.78 is 7.24. The molecule has 3 N–H and O–H groups in total. The van der Waals surface area contributed by atoms with Gasteiger partial charge in [-0.05, 0) is 30.2 Å². The molecule has 0 bridgehead atoms. The summed E-state index contributed by atoms with van der Waals surface area (Å²) >= 11 is 0. The average Bonchev–Trinajstić information content (AvgIpc) is 3.54. The van der Waals surface area contributed by atoms with Crippen molar-refractivity contribution in [3.63, 3.8) is 0 Å². The van der Waals surface area contributed by atoms with Gasteiger partial charge in [-0.25, -0.2) is 9.97 Å². The minimum Gasteiger partial charge on any atom is -0.384 e. The maximum absolute atomic E-state index is 12.7. The van der Waals surface area contributed by atoms with Crippen LogP contribution in [0.2, 0.25) is 0 Å². The van der Waals surface area contributed by atoms with Crippen LogP contribution in [0, 0.1) is 11.8 Å². The lowest BCUT2D eigenvalue weighted by atomic mass is 10.1. The number of H-pyrrole nitrogens is 1. The molecule has 9 heteroatoms. The summed E-state index contributed by atoms with van der Waals surface area (Å²) in [5, 5.41) is 0.912. The Kier molecular flexibility index (Phi) is 5.13. The van der Waals surface area contributed by atoms with Gasteiger partial charge in [-0.2, -0.15) is 0 Å². The number of rotatable bonds is 2. The van der Waals surface area contributed by atoms with Crippen molar-refractivity contribution in [2.75, 3.05) is 32.0 Å². The minimum atomic E-state index is 0.0173. The third-order valence-electron chi connectivity index (χ3n) is 6.00. The molecule has 35 heavy (non-hydrogen) atoms. The first-order chi connectivity index (χ1) is 17.2. The fourth-order valence-corrected chi connectivity index (χ4v) is 4.16. The number of nitrogens with two attached hydrogens (primary N) is 1. The second-order valence-electron chi connectivity index (χ2n) is 8.21. The summed E-state index contributed by atoms with van der Waals surface area (Å²) in [7, 11) is 0. The highest BCUT2D eigenvalue weighted by atomic mass is 16.5. The molecule has 4 aromatic heterocycles. The first-order valence-electron chi connectivity index (χ1n) is 11.2. The summed E-state index contributed by atoms with van der Waals surface area (Å²) in [4.78, 5) is 30.8. The molecule has 1 aliphatic rings. The second kappa shape index (κ2) is 8.59. The van der Waals surface area contributed by atoms with Gasteiger partial charge in [0.05, 0.1) is 31.3 Å². The molecule has 5 aromatic rings. The summed E-state index contributed by atoms with van der Waals surface area (Å²) in [6.45, 7) is 2.39. The molecule has 0 atom stereocenters. The Morgan fingerprint density at radius 3 is 2.71 bits per heavy atom. The maximum atomic E-state index is 12.7. The molecule has 0 saturated carbocycles. The number of hydrogen-bond acceptors (Lipinski definition) is 6. The minimum absolute atomic E-state index is 0.0173. The van der Waals surface area contributed by atoms with E-state index in [0.717, 1.165) is 27.9 Å². The van der Waals surface area contributed by atoms with E-state index in [-0.39, 0.29) is 5.91 Å². The summed E-state index contributed by atoms with van der Waals surface area (Å²) in [6.07, 6.45) is 7.14. The van der Waals surface area contributed by atoms with E-state index in [0.29, 0.717) is 49.0 Å². The Labute approximate surface area is 200 Å². The maximum Gasteiger partial charge on any atom is 0.254 e. The number of carbonyl (C=O) groups excluding carboxylic acids is 1. The van der Waals surface area contributed by atoms with Crippen LogP contribution in [0.25, 0.3) is 27.9 Å². The normalized spacial score (nSPS) is 13.7. The Hall–Kier alpha value is -4.68. The molecule has 0 radical (unpaired) electrons. The van der Waals surface area contributed by atoms with Crippen molar-refractivity contribution in [2.24, 2.45) is 0 Å². The van der Waals surface area contributed by atoms with Crippen LogP contribution in [0.5, 0.6) is 0 Å². The van der Waals surface area contributed by atoms with Crippen molar-refractivity contribution in [1.82, 2.24) is 29.2 Å². The fourth-order valence-electron chi connectivity index (χ4n) is 4.16. The summed E-state index contributed by atoms with van der Waals surface area (Å²) in [6, 6.07) is 11.2. The van der Waals surface area contributed by atoms with Crippen molar-refractivity contribution in [2.45, 2.75) is 0 Å². The van der Waals surface area contributed by atoms with Crippen LogP contribution in [0.1, 0.15) is 21.6 Å². The zero-order chi connectivity index (χ0) is 23.8. The zero-order valence-corrected chi connectivity index (χ0v) is 18.7. The number of nitrogens with zero attached hydrogens (tertiary/aromatic N) is 5. The van der Waals surface area contributed by atoms with Gasteiger partial charge in [0.15, 0.2) is 5.65 Å². The fraction of sp³-hybridized carbons (Fsp3) is 0.154. The van der Waals surface area contributed by atoms with E-state index in [1.165, 1.54) is 0 Å². The number of hydrogen-bond donors (Lipinski definition) is 2. The lowest BCUT2D eigenvalue weighted by Crippen LogP contribution is -2.40. The number of benzene rings is 1. The summed E-state index contributed by atoms with van der Waals surface area (Å²) in [5.41, 5.74) is 11.1. The third kappa shape index (κ3) is 3.96. The first kappa shape index (κ1) is 20.9. The number of nitrogen functional groups attached to an aromatic ring is 1. The van der Waals surface area contributed by atoms with E-state index < -0.39 is 0 Å². The average molecular weight is 464 g/mol. The number of ether oxygens (including phenoxy) is 1. The molecule has 1 amide bonds. The molecule has 0 unspecified atom stereocenters. The Morgan fingerprint density at radius 2 is 1.89 bits per heavy atom. The molecule has 0 spiro atoms. The highest BCUT2D eigenvalue weighted by Crippen LogP contribution is 2.21. The monoisotopic (exact) mass is 463 g/mol. The van der Waals surface area contributed by atoms with Gasteiger partial charge in [0.1, 0.15) is 17.2 Å². The van der Waals surface area contributed by atoms with Crippen molar-refractivity contribution in [3.05, 3.63) is 78.0 Å². The third-order valence-corrected chi connectivity index (χ3v) is 6.00. The number of imidazole rings is 1. The standard InChI is InChI=1S/C26H21N7O2/c27-23-13-19(21-7-8-28-25(21)31-23)5-6-20-14-30-24-15-29-22(16-33(20)24)17-1-3-18(4-2-17)26(34)32-9-11-35-12-10-32/h1-4,7-8,13-16H,9-12H2,(H3,27,28,31). The number of anilines is 1. The van der Waals surface area contributed by atoms with E-state index in [4.69, 9.17) is 10.5 Å². The number of carbonyl (C=O) groups is 1. The van der Waals surface area contributed by atoms with Crippen LogP contribution >= 0.6 is 0 Å². The molecule has 5 heterocycles. The quantitative estimate of drug-likeness (QED) is 0.389. The van der Waals surface area contributed by atoms with Crippen molar-refractivity contribution >= 4 is 28.4 Å². The van der Waals surface area contributed by atoms with Crippen molar-refractivity contribution in [3.8, 4) is 23.1 Å². The highest BCUT2D eigenvalue weighted by molar-refractivity contribution is 5.94. The van der Waals surface area contributed by atoms with E-state index in [1.807, 2.05) is 52.0 Å². The molecule has 9 nitrogen and oxygen atoms in total. The number of aromatic amines is 1. The second-order valence-corrected chi connectivity index (χ2v) is 8.21. The number of amides is 1. The molecule has 6 rings (SSSR count). The van der Waals surface area contributed by atoms with Gasteiger partial charge in [0.2, 0.25) is 0 Å². The predicted octanol–water partition coefficient (Wildman–Crippen LogP) is 2.73. The molecule has 1 fully saturated rings. The van der Waals surface area contributed by atoms with Crippen LogP contribution in [0.4, 0.5) is 5.82 Å². The van der Waals surface area contributed by atoms with Gasteiger partial charge in [-0.3, -0.25) is 14.2 Å². The van der Waals surface area contributed by atoms with Crippen LogP contribution in [-0.2, 0) is 4.74 Å². The molecule has 1 aliphatic heterocycles. The molecule has 172 valence electrons. The van der Waals surface area contributed by atoms with Crippen molar-refractivity contribution in [1.29, 1.82) is 0 Å². The number of pyridine rings is 1. The Morgan fingerprint density at radius 1 is 1.06 bits per heavy atom. The Balaban J connectivity index is 1.30. The largest absolute Gasteiger partial charge is 0.384 e. The number of aromatic nitrogens is 5.